The molecule has 0 aliphatic heterocycles. The third-order valence-corrected chi connectivity index (χ3v) is 4.84. The topological polar surface area (TPSA) is 62.3 Å². The minimum absolute atomic E-state index is 0.200. The Labute approximate surface area is 154 Å². The van der Waals surface area contributed by atoms with Crippen molar-refractivity contribution in [1.29, 1.82) is 0 Å². The van der Waals surface area contributed by atoms with E-state index in [1.54, 1.807) is 25.2 Å². The summed E-state index contributed by atoms with van der Waals surface area (Å²) in [5.74, 6) is -0.436. The SMILES string of the molecule is CN(C(=O)c1cccc(C(=O)NC2CCCCCC2)n1)c1ccccc1. The quantitative estimate of drug-likeness (QED) is 0.852. The number of amides is 2. The van der Waals surface area contributed by atoms with Crippen LogP contribution < -0.4 is 10.2 Å². The summed E-state index contributed by atoms with van der Waals surface area (Å²) < 4.78 is 0. The maximum absolute atomic E-state index is 12.7. The van der Waals surface area contributed by atoms with Gasteiger partial charge in [-0.2, -0.15) is 0 Å². The molecular weight excluding hydrogens is 326 g/mol. The normalized spacial score (nSPS) is 15.1. The first-order chi connectivity index (χ1) is 12.6. The molecule has 1 N–H and O–H groups in total. The number of nitrogens with one attached hydrogen (secondary N) is 1. The van der Waals surface area contributed by atoms with Gasteiger partial charge in [-0.25, -0.2) is 4.98 Å². The minimum Gasteiger partial charge on any atom is -0.348 e. The van der Waals surface area contributed by atoms with Gasteiger partial charge in [-0.3, -0.25) is 9.59 Å². The highest BCUT2D eigenvalue weighted by Crippen LogP contribution is 2.18. The molecule has 1 aliphatic carbocycles. The van der Waals surface area contributed by atoms with Crippen molar-refractivity contribution in [1.82, 2.24) is 10.3 Å². The van der Waals surface area contributed by atoms with Crippen LogP contribution in [0.1, 0.15) is 59.5 Å². The molecule has 1 heterocycles. The van der Waals surface area contributed by atoms with E-state index in [0.29, 0.717) is 5.69 Å². The molecule has 2 amide bonds. The Morgan fingerprint density at radius 1 is 0.923 bits per heavy atom. The number of benzene rings is 1. The van der Waals surface area contributed by atoms with Crippen LogP contribution in [-0.4, -0.2) is 29.9 Å². The van der Waals surface area contributed by atoms with Crippen molar-refractivity contribution in [2.75, 3.05) is 11.9 Å². The van der Waals surface area contributed by atoms with Crippen molar-refractivity contribution in [3.8, 4) is 0 Å². The van der Waals surface area contributed by atoms with Crippen LogP contribution in [-0.2, 0) is 0 Å². The minimum atomic E-state index is -0.236. The van der Waals surface area contributed by atoms with Gasteiger partial charge in [-0.1, -0.05) is 49.9 Å². The van der Waals surface area contributed by atoms with Crippen LogP contribution in [0.5, 0.6) is 0 Å². The Hall–Kier alpha value is -2.69. The number of hydrogen-bond acceptors (Lipinski definition) is 3. The highest BCUT2D eigenvalue weighted by molar-refractivity contribution is 6.05. The van der Waals surface area contributed by atoms with Gasteiger partial charge in [-0.05, 0) is 37.1 Å². The van der Waals surface area contributed by atoms with Gasteiger partial charge < -0.3 is 10.2 Å². The number of carbonyl (C=O) groups is 2. The molecule has 0 unspecified atom stereocenters. The Bertz CT molecular complexity index is 753. The Morgan fingerprint density at radius 2 is 1.58 bits per heavy atom. The average Bonchev–Trinajstić information content (AvgIpc) is 2.96. The third kappa shape index (κ3) is 4.48. The summed E-state index contributed by atoms with van der Waals surface area (Å²) in [6.07, 6.45) is 6.81. The second kappa shape index (κ2) is 8.61. The van der Waals surface area contributed by atoms with E-state index in [2.05, 4.69) is 10.3 Å². The molecule has 1 aliphatic rings. The van der Waals surface area contributed by atoms with Crippen molar-refractivity contribution in [3.05, 3.63) is 59.9 Å². The van der Waals surface area contributed by atoms with Crippen molar-refractivity contribution in [3.63, 3.8) is 0 Å². The molecule has 5 nitrogen and oxygen atoms in total. The van der Waals surface area contributed by atoms with Crippen molar-refractivity contribution in [2.45, 2.75) is 44.6 Å². The number of aromatic nitrogens is 1. The average molecular weight is 351 g/mol. The van der Waals surface area contributed by atoms with Gasteiger partial charge in [0, 0.05) is 18.8 Å². The Kier molecular flexibility index (Phi) is 6.00. The van der Waals surface area contributed by atoms with Gasteiger partial charge >= 0.3 is 0 Å². The standard InChI is InChI=1S/C21H25N3O2/c1-24(17-12-7-4-8-13-17)21(26)19-15-9-14-18(23-19)20(25)22-16-10-5-2-3-6-11-16/h4,7-9,12-16H,2-3,5-6,10-11H2,1H3,(H,22,25). The zero-order valence-corrected chi connectivity index (χ0v) is 15.1. The highest BCUT2D eigenvalue weighted by atomic mass is 16.2. The van der Waals surface area contributed by atoms with Crippen LogP contribution in [0, 0.1) is 0 Å². The molecule has 0 radical (unpaired) electrons. The number of pyridine rings is 1. The van der Waals surface area contributed by atoms with E-state index in [1.165, 1.54) is 17.7 Å². The maximum atomic E-state index is 12.7. The second-order valence-electron chi connectivity index (χ2n) is 6.77. The lowest BCUT2D eigenvalue weighted by Gasteiger charge is -2.18. The Morgan fingerprint density at radius 3 is 2.27 bits per heavy atom. The van der Waals surface area contributed by atoms with E-state index in [4.69, 9.17) is 0 Å². The van der Waals surface area contributed by atoms with Crippen LogP contribution in [0.15, 0.2) is 48.5 Å². The Balaban J connectivity index is 1.71. The molecule has 1 fully saturated rings. The number of rotatable bonds is 4. The first-order valence-corrected chi connectivity index (χ1v) is 9.26. The van der Waals surface area contributed by atoms with Gasteiger partial charge in [0.2, 0.25) is 0 Å². The molecule has 1 aromatic heterocycles. The predicted molar refractivity (Wildman–Crippen MR) is 102 cm³/mol. The molecule has 1 saturated carbocycles. The maximum Gasteiger partial charge on any atom is 0.276 e. The molecule has 26 heavy (non-hydrogen) atoms. The lowest BCUT2D eigenvalue weighted by atomic mass is 10.1. The first kappa shape index (κ1) is 18.1. The lowest BCUT2D eigenvalue weighted by molar-refractivity contribution is 0.0928. The molecular formula is C21H25N3O2. The van der Waals surface area contributed by atoms with Crippen molar-refractivity contribution in [2.24, 2.45) is 0 Å². The molecule has 2 aromatic rings. The van der Waals surface area contributed by atoms with Gasteiger partial charge in [0.25, 0.3) is 11.8 Å². The summed E-state index contributed by atoms with van der Waals surface area (Å²) in [5.41, 5.74) is 1.35. The monoisotopic (exact) mass is 351 g/mol. The van der Waals surface area contributed by atoms with E-state index in [9.17, 15) is 9.59 Å². The summed E-state index contributed by atoms with van der Waals surface area (Å²) in [6, 6.07) is 14.6. The van der Waals surface area contributed by atoms with Gasteiger partial charge in [-0.15, -0.1) is 0 Å². The van der Waals surface area contributed by atoms with Crippen molar-refractivity contribution < 1.29 is 9.59 Å². The third-order valence-electron chi connectivity index (χ3n) is 4.84. The van der Waals surface area contributed by atoms with Gasteiger partial charge in [0.1, 0.15) is 11.4 Å². The first-order valence-electron chi connectivity index (χ1n) is 9.26. The molecule has 3 rings (SSSR count). The van der Waals surface area contributed by atoms with Gasteiger partial charge in [0.15, 0.2) is 0 Å². The van der Waals surface area contributed by atoms with E-state index in [1.807, 2.05) is 30.3 Å². The zero-order chi connectivity index (χ0) is 18.4. The second-order valence-corrected chi connectivity index (χ2v) is 6.77. The fraction of sp³-hybridized carbons (Fsp3) is 0.381. The fourth-order valence-corrected chi connectivity index (χ4v) is 3.30. The number of hydrogen-bond donors (Lipinski definition) is 1. The molecule has 0 spiro atoms. The molecule has 5 heteroatoms. The molecule has 0 atom stereocenters. The summed E-state index contributed by atoms with van der Waals surface area (Å²) >= 11 is 0. The molecule has 1 aromatic carbocycles. The zero-order valence-electron chi connectivity index (χ0n) is 15.1. The molecule has 136 valence electrons. The van der Waals surface area contributed by atoms with E-state index >= 15 is 0 Å². The van der Waals surface area contributed by atoms with Crippen LogP contribution in [0.25, 0.3) is 0 Å². The van der Waals surface area contributed by atoms with Gasteiger partial charge in [0.05, 0.1) is 0 Å². The summed E-state index contributed by atoms with van der Waals surface area (Å²) in [6.45, 7) is 0. The highest BCUT2D eigenvalue weighted by Gasteiger charge is 2.19. The lowest BCUT2D eigenvalue weighted by Crippen LogP contribution is -2.35. The molecule has 0 bridgehead atoms. The van der Waals surface area contributed by atoms with E-state index < -0.39 is 0 Å². The smallest absolute Gasteiger partial charge is 0.276 e. The largest absolute Gasteiger partial charge is 0.348 e. The van der Waals surface area contributed by atoms with Crippen LogP contribution in [0.4, 0.5) is 5.69 Å². The summed E-state index contributed by atoms with van der Waals surface area (Å²) in [4.78, 5) is 31.1. The molecule has 0 saturated heterocycles. The van der Waals surface area contributed by atoms with Crippen LogP contribution in [0.3, 0.4) is 0 Å². The van der Waals surface area contributed by atoms with Crippen LogP contribution >= 0.6 is 0 Å². The number of carbonyl (C=O) groups excluding carboxylic acids is 2. The summed E-state index contributed by atoms with van der Waals surface area (Å²) in [7, 11) is 1.71. The van der Waals surface area contributed by atoms with Crippen molar-refractivity contribution >= 4 is 17.5 Å². The number of para-hydroxylation sites is 1. The fourth-order valence-electron chi connectivity index (χ4n) is 3.30. The number of anilines is 1. The number of nitrogens with zero attached hydrogens (tertiary/aromatic N) is 2. The van der Waals surface area contributed by atoms with E-state index in [0.717, 1.165) is 31.4 Å². The summed E-state index contributed by atoms with van der Waals surface area (Å²) in [5, 5.41) is 3.08. The van der Waals surface area contributed by atoms with Crippen LogP contribution in [0.2, 0.25) is 0 Å². The predicted octanol–water partition coefficient (Wildman–Crippen LogP) is 3.81. The van der Waals surface area contributed by atoms with E-state index in [-0.39, 0.29) is 23.6 Å².